The van der Waals surface area contributed by atoms with Crippen LogP contribution in [0.15, 0.2) is 29.2 Å². The van der Waals surface area contributed by atoms with Crippen LogP contribution in [0.1, 0.15) is 27.2 Å². The van der Waals surface area contributed by atoms with Gasteiger partial charge in [0, 0.05) is 18.3 Å². The largest absolute Gasteiger partial charge is 0.481 e. The summed E-state index contributed by atoms with van der Waals surface area (Å²) in [5, 5.41) is 12.0. The van der Waals surface area contributed by atoms with Crippen molar-refractivity contribution < 1.29 is 18.3 Å². The van der Waals surface area contributed by atoms with Crippen LogP contribution in [0.25, 0.3) is 0 Å². The van der Waals surface area contributed by atoms with Crippen molar-refractivity contribution in [3.63, 3.8) is 0 Å². The Morgan fingerprint density at radius 2 is 1.81 bits per heavy atom. The Kier molecular flexibility index (Phi) is 6.17. The smallest absolute Gasteiger partial charge is 0.308 e. The van der Waals surface area contributed by atoms with Crippen LogP contribution in [0, 0.1) is 5.92 Å². The van der Waals surface area contributed by atoms with E-state index in [0.717, 1.165) is 6.42 Å². The van der Waals surface area contributed by atoms with Gasteiger partial charge in [0.2, 0.25) is 10.0 Å². The number of carboxylic acid groups (broad SMARTS) is 1. The number of sulfonamides is 1. The number of anilines is 1. The Hall–Kier alpha value is -1.60. The maximum absolute atomic E-state index is 11.9. The summed E-state index contributed by atoms with van der Waals surface area (Å²) < 4.78 is 26.3. The molecule has 6 nitrogen and oxygen atoms in total. The van der Waals surface area contributed by atoms with Crippen molar-refractivity contribution in [2.75, 3.05) is 11.9 Å². The van der Waals surface area contributed by atoms with Crippen molar-refractivity contribution in [3.8, 4) is 0 Å². The molecule has 118 valence electrons. The Labute approximate surface area is 125 Å². The summed E-state index contributed by atoms with van der Waals surface area (Å²) in [7, 11) is -3.47. The average molecular weight is 314 g/mol. The fourth-order valence-corrected chi connectivity index (χ4v) is 2.79. The minimum atomic E-state index is -3.47. The fraction of sp³-hybridized carbons (Fsp3) is 0.500. The van der Waals surface area contributed by atoms with Crippen molar-refractivity contribution in [2.24, 2.45) is 5.92 Å². The normalized spacial score (nSPS) is 14.4. The molecule has 2 atom stereocenters. The van der Waals surface area contributed by atoms with Crippen LogP contribution >= 0.6 is 0 Å². The zero-order valence-corrected chi connectivity index (χ0v) is 13.3. The van der Waals surface area contributed by atoms with Crippen molar-refractivity contribution in [2.45, 2.75) is 38.1 Å². The standard InChI is InChI=1S/C14H22N2O4S/c1-4-9-15-21(19,20)13-7-5-12(6-8-13)16-11(3)10(2)14(17)18/h5-8,10-11,15-16H,4,9H2,1-3H3,(H,17,18). The third-order valence-electron chi connectivity index (χ3n) is 3.24. The summed E-state index contributed by atoms with van der Waals surface area (Å²) >= 11 is 0. The van der Waals surface area contributed by atoms with Crippen LogP contribution in [-0.4, -0.2) is 32.1 Å². The van der Waals surface area contributed by atoms with E-state index in [-0.39, 0.29) is 10.9 Å². The Balaban J connectivity index is 2.77. The van der Waals surface area contributed by atoms with Crippen LogP contribution < -0.4 is 10.0 Å². The molecule has 7 heteroatoms. The van der Waals surface area contributed by atoms with E-state index in [2.05, 4.69) is 10.0 Å². The summed E-state index contributed by atoms with van der Waals surface area (Å²) in [6.07, 6.45) is 0.726. The number of benzene rings is 1. The van der Waals surface area contributed by atoms with Gasteiger partial charge in [-0.1, -0.05) is 6.92 Å². The number of carboxylic acids is 1. The molecule has 1 rings (SSSR count). The average Bonchev–Trinajstić information content (AvgIpc) is 2.44. The molecule has 0 saturated carbocycles. The van der Waals surface area contributed by atoms with E-state index < -0.39 is 21.9 Å². The lowest BCUT2D eigenvalue weighted by Gasteiger charge is -2.19. The second kappa shape index (κ2) is 7.42. The summed E-state index contributed by atoms with van der Waals surface area (Å²) in [5.74, 6) is -1.42. The first-order chi connectivity index (χ1) is 9.77. The van der Waals surface area contributed by atoms with Crippen LogP contribution in [0.2, 0.25) is 0 Å². The molecular weight excluding hydrogens is 292 g/mol. The highest BCUT2D eigenvalue weighted by atomic mass is 32.2. The highest BCUT2D eigenvalue weighted by Gasteiger charge is 2.19. The predicted octanol–water partition coefficient (Wildman–Crippen LogP) is 1.90. The topological polar surface area (TPSA) is 95.5 Å². The molecule has 0 aliphatic heterocycles. The monoisotopic (exact) mass is 314 g/mol. The van der Waals surface area contributed by atoms with Gasteiger partial charge in [-0.3, -0.25) is 4.79 Å². The van der Waals surface area contributed by atoms with Gasteiger partial charge >= 0.3 is 5.97 Å². The third-order valence-corrected chi connectivity index (χ3v) is 4.72. The molecule has 0 aliphatic rings. The van der Waals surface area contributed by atoms with E-state index in [1.165, 1.54) is 12.1 Å². The summed E-state index contributed by atoms with van der Waals surface area (Å²) in [4.78, 5) is 11.1. The molecule has 21 heavy (non-hydrogen) atoms. The molecule has 0 amide bonds. The quantitative estimate of drug-likeness (QED) is 0.681. The van der Waals surface area contributed by atoms with Gasteiger partial charge in [-0.2, -0.15) is 0 Å². The predicted molar refractivity (Wildman–Crippen MR) is 81.8 cm³/mol. The fourth-order valence-electron chi connectivity index (χ4n) is 1.65. The molecule has 3 N–H and O–H groups in total. The number of carbonyl (C=O) groups is 1. The van der Waals surface area contributed by atoms with Gasteiger partial charge < -0.3 is 10.4 Å². The van der Waals surface area contributed by atoms with Gasteiger partial charge in [-0.25, -0.2) is 13.1 Å². The van der Waals surface area contributed by atoms with Crippen LogP contribution in [0.3, 0.4) is 0 Å². The summed E-state index contributed by atoms with van der Waals surface area (Å²) in [5.41, 5.74) is 0.685. The van der Waals surface area contributed by atoms with Gasteiger partial charge in [-0.15, -0.1) is 0 Å². The Morgan fingerprint density at radius 1 is 1.24 bits per heavy atom. The van der Waals surface area contributed by atoms with Crippen molar-refractivity contribution in [1.82, 2.24) is 4.72 Å². The highest BCUT2D eigenvalue weighted by molar-refractivity contribution is 7.89. The first-order valence-corrected chi connectivity index (χ1v) is 8.35. The molecule has 0 bridgehead atoms. The van der Waals surface area contributed by atoms with Gasteiger partial charge in [0.1, 0.15) is 0 Å². The molecule has 0 radical (unpaired) electrons. The van der Waals surface area contributed by atoms with E-state index in [9.17, 15) is 13.2 Å². The molecule has 0 aromatic heterocycles. The minimum Gasteiger partial charge on any atom is -0.481 e. The molecule has 1 aromatic rings. The van der Waals surface area contributed by atoms with Gasteiger partial charge in [0.15, 0.2) is 0 Å². The van der Waals surface area contributed by atoms with Gasteiger partial charge in [-0.05, 0) is 44.5 Å². The SMILES string of the molecule is CCCNS(=O)(=O)c1ccc(NC(C)C(C)C(=O)O)cc1. The van der Waals surface area contributed by atoms with Gasteiger partial charge in [0.05, 0.1) is 10.8 Å². The Bertz CT molecular complexity index is 569. The molecule has 0 spiro atoms. The lowest BCUT2D eigenvalue weighted by atomic mass is 10.0. The Morgan fingerprint density at radius 3 is 2.29 bits per heavy atom. The van der Waals surface area contributed by atoms with Crippen molar-refractivity contribution in [1.29, 1.82) is 0 Å². The molecule has 1 aromatic carbocycles. The molecule has 0 saturated heterocycles. The van der Waals surface area contributed by atoms with E-state index in [1.807, 2.05) is 6.92 Å². The minimum absolute atomic E-state index is 0.195. The van der Waals surface area contributed by atoms with Gasteiger partial charge in [0.25, 0.3) is 0 Å². The number of rotatable bonds is 8. The number of nitrogens with one attached hydrogen (secondary N) is 2. The first-order valence-electron chi connectivity index (χ1n) is 6.87. The lowest BCUT2D eigenvalue weighted by molar-refractivity contribution is -0.141. The second-order valence-electron chi connectivity index (χ2n) is 4.98. The van der Waals surface area contributed by atoms with Crippen molar-refractivity contribution >= 4 is 21.7 Å². The van der Waals surface area contributed by atoms with Crippen LogP contribution in [0.4, 0.5) is 5.69 Å². The van der Waals surface area contributed by atoms with E-state index in [4.69, 9.17) is 5.11 Å². The highest BCUT2D eigenvalue weighted by Crippen LogP contribution is 2.16. The third kappa shape index (κ3) is 5.02. The molecular formula is C14H22N2O4S. The molecule has 0 aliphatic carbocycles. The number of aliphatic carboxylic acids is 1. The zero-order chi connectivity index (χ0) is 16.0. The molecule has 2 unspecified atom stereocenters. The number of hydrogen-bond acceptors (Lipinski definition) is 4. The van der Waals surface area contributed by atoms with Crippen LogP contribution in [-0.2, 0) is 14.8 Å². The maximum atomic E-state index is 11.9. The maximum Gasteiger partial charge on any atom is 0.308 e. The molecule has 0 heterocycles. The summed E-state index contributed by atoms with van der Waals surface area (Å²) in [6, 6.07) is 6.00. The van der Waals surface area contributed by atoms with E-state index >= 15 is 0 Å². The van der Waals surface area contributed by atoms with E-state index in [1.54, 1.807) is 26.0 Å². The molecule has 0 fully saturated rings. The van der Waals surface area contributed by atoms with Crippen molar-refractivity contribution in [3.05, 3.63) is 24.3 Å². The lowest BCUT2D eigenvalue weighted by Crippen LogP contribution is -2.29. The number of hydrogen-bond donors (Lipinski definition) is 3. The second-order valence-corrected chi connectivity index (χ2v) is 6.75. The first kappa shape index (κ1) is 17.5. The zero-order valence-electron chi connectivity index (χ0n) is 12.5. The van der Waals surface area contributed by atoms with E-state index in [0.29, 0.717) is 12.2 Å². The van der Waals surface area contributed by atoms with Crippen LogP contribution in [0.5, 0.6) is 0 Å². The summed E-state index contributed by atoms with van der Waals surface area (Å²) in [6.45, 7) is 5.68.